The van der Waals surface area contributed by atoms with Gasteiger partial charge in [-0.25, -0.2) is 18.5 Å². The number of nitrogens with one attached hydrogen (secondary N) is 1. The Morgan fingerprint density at radius 1 is 1.19 bits per heavy atom. The van der Waals surface area contributed by atoms with Crippen LogP contribution in [0.25, 0.3) is 0 Å². The summed E-state index contributed by atoms with van der Waals surface area (Å²) in [5.74, 6) is 2.19. The molecule has 0 bridgehead atoms. The average Bonchev–Trinajstić information content (AvgIpc) is 2.97. The van der Waals surface area contributed by atoms with Gasteiger partial charge < -0.3 is 29.0 Å². The molecule has 1 aliphatic rings. The maximum absolute atomic E-state index is 11.9. The van der Waals surface area contributed by atoms with Crippen molar-refractivity contribution in [1.82, 2.24) is 9.55 Å². The zero-order valence-electron chi connectivity index (χ0n) is 15.2. The molecule has 16 nitrogen and oxygen atoms in total. The Morgan fingerprint density at radius 2 is 1.87 bits per heavy atom. The van der Waals surface area contributed by atoms with Gasteiger partial charge in [0.1, 0.15) is 18.9 Å². The predicted octanol–water partition coefficient (Wildman–Crippen LogP) is -0.814. The standard InChI is InChI=1S/C12H17N2O14P3/c1-2-5-24-8-6-11(14-4-3-10(15)13-12(14)16)26-9(8)7-25-30(20,21)28-31(22,23)27-29(17,18)19/h1,3-4,8-9,11H,5-7H2,(H,20,21)(H,22,23)(H,13,15,16)(H2,17,18,19)/t8?,9-,11-/m1/s1. The Hall–Kier alpha value is -1.43. The van der Waals surface area contributed by atoms with Crippen molar-refractivity contribution < 1.29 is 55.9 Å². The fourth-order valence-electron chi connectivity index (χ4n) is 2.48. The summed E-state index contributed by atoms with van der Waals surface area (Å²) in [6.07, 6.45) is 3.23. The molecule has 5 N–H and O–H groups in total. The molecule has 2 heterocycles. The number of ether oxygens (including phenoxy) is 2. The number of hydrogen-bond acceptors (Lipinski definition) is 10. The minimum Gasteiger partial charge on any atom is -0.363 e. The van der Waals surface area contributed by atoms with Gasteiger partial charge in [-0.2, -0.15) is 8.62 Å². The number of aromatic amines is 1. The van der Waals surface area contributed by atoms with Crippen molar-refractivity contribution in [1.29, 1.82) is 0 Å². The minimum absolute atomic E-state index is 0.00193. The zero-order valence-corrected chi connectivity index (χ0v) is 17.9. The van der Waals surface area contributed by atoms with Gasteiger partial charge in [0.25, 0.3) is 5.56 Å². The molecule has 2 rings (SSSR count). The molecule has 5 atom stereocenters. The first-order valence-corrected chi connectivity index (χ1v) is 12.5. The van der Waals surface area contributed by atoms with Gasteiger partial charge in [-0.3, -0.25) is 18.9 Å². The fraction of sp³-hybridized carbons (Fsp3) is 0.500. The molecule has 19 heteroatoms. The quantitative estimate of drug-likeness (QED) is 0.193. The Balaban J connectivity index is 2.10. The van der Waals surface area contributed by atoms with Crippen molar-refractivity contribution in [2.45, 2.75) is 24.9 Å². The fourth-order valence-corrected chi connectivity index (χ4v) is 5.51. The van der Waals surface area contributed by atoms with Gasteiger partial charge in [0, 0.05) is 18.7 Å². The van der Waals surface area contributed by atoms with E-state index in [9.17, 15) is 28.2 Å². The van der Waals surface area contributed by atoms with Crippen LogP contribution in [0.5, 0.6) is 0 Å². The topological polar surface area (TPSA) is 233 Å². The van der Waals surface area contributed by atoms with E-state index in [4.69, 9.17) is 30.6 Å². The third-order valence-corrected chi connectivity index (χ3v) is 7.34. The molecular weight excluding hydrogens is 489 g/mol. The van der Waals surface area contributed by atoms with E-state index in [2.05, 4.69) is 19.1 Å². The second-order valence-corrected chi connectivity index (χ2v) is 10.2. The molecule has 1 saturated heterocycles. The van der Waals surface area contributed by atoms with E-state index in [1.54, 1.807) is 0 Å². The van der Waals surface area contributed by atoms with Gasteiger partial charge in [-0.1, -0.05) is 5.92 Å². The lowest BCUT2D eigenvalue weighted by Gasteiger charge is -2.20. The lowest BCUT2D eigenvalue weighted by atomic mass is 10.2. The van der Waals surface area contributed by atoms with E-state index < -0.39 is 59.8 Å². The number of phosphoric ester groups is 1. The Labute approximate surface area is 173 Å². The van der Waals surface area contributed by atoms with Crippen LogP contribution in [0, 0.1) is 12.3 Å². The van der Waals surface area contributed by atoms with Crippen LogP contribution < -0.4 is 11.2 Å². The van der Waals surface area contributed by atoms with Crippen LogP contribution in [-0.2, 0) is 36.3 Å². The molecule has 1 aliphatic heterocycles. The molecule has 31 heavy (non-hydrogen) atoms. The van der Waals surface area contributed by atoms with E-state index in [1.807, 2.05) is 4.98 Å². The van der Waals surface area contributed by atoms with Crippen molar-refractivity contribution >= 4 is 23.5 Å². The maximum Gasteiger partial charge on any atom is 0.490 e. The van der Waals surface area contributed by atoms with Crippen molar-refractivity contribution in [2.75, 3.05) is 13.2 Å². The van der Waals surface area contributed by atoms with E-state index in [-0.39, 0.29) is 13.0 Å². The number of phosphoric acid groups is 3. The van der Waals surface area contributed by atoms with Crippen LogP contribution in [0.3, 0.4) is 0 Å². The molecule has 0 saturated carbocycles. The van der Waals surface area contributed by atoms with Gasteiger partial charge in [0.05, 0.1) is 12.7 Å². The van der Waals surface area contributed by atoms with Crippen LogP contribution >= 0.6 is 23.5 Å². The summed E-state index contributed by atoms with van der Waals surface area (Å²) in [5, 5.41) is 0. The Kier molecular flexibility index (Phi) is 8.34. The molecule has 1 aromatic heterocycles. The highest BCUT2D eigenvalue weighted by Crippen LogP contribution is 2.66. The molecule has 0 amide bonds. The first-order valence-electron chi connectivity index (χ1n) is 8.02. The van der Waals surface area contributed by atoms with Gasteiger partial charge in [-0.05, 0) is 0 Å². The Bertz CT molecular complexity index is 1080. The molecule has 3 unspecified atom stereocenters. The predicted molar refractivity (Wildman–Crippen MR) is 98.2 cm³/mol. The molecule has 1 aromatic rings. The highest BCUT2D eigenvalue weighted by Gasteiger charge is 2.43. The molecular formula is C12H17N2O14P3. The summed E-state index contributed by atoms with van der Waals surface area (Å²) in [6.45, 7) is -0.999. The second kappa shape index (κ2) is 10.0. The van der Waals surface area contributed by atoms with E-state index in [0.29, 0.717) is 0 Å². The van der Waals surface area contributed by atoms with Crippen molar-refractivity contribution in [3.8, 4) is 12.3 Å². The third-order valence-electron chi connectivity index (χ3n) is 3.54. The molecule has 0 aromatic carbocycles. The summed E-state index contributed by atoms with van der Waals surface area (Å²) < 4.78 is 57.5. The maximum atomic E-state index is 11.9. The third kappa shape index (κ3) is 8.21. The molecule has 0 aliphatic carbocycles. The van der Waals surface area contributed by atoms with Gasteiger partial charge in [-0.15, -0.1) is 6.42 Å². The van der Waals surface area contributed by atoms with Crippen molar-refractivity contribution in [3.63, 3.8) is 0 Å². The monoisotopic (exact) mass is 506 g/mol. The van der Waals surface area contributed by atoms with Crippen molar-refractivity contribution in [3.05, 3.63) is 33.1 Å². The summed E-state index contributed by atoms with van der Waals surface area (Å²) in [6, 6.07) is 1.06. The highest BCUT2D eigenvalue weighted by atomic mass is 31.3. The van der Waals surface area contributed by atoms with Gasteiger partial charge in [0.2, 0.25) is 0 Å². The number of rotatable bonds is 10. The number of terminal acetylenes is 1. The van der Waals surface area contributed by atoms with Crippen LogP contribution in [0.1, 0.15) is 12.6 Å². The number of H-pyrrole nitrogens is 1. The lowest BCUT2D eigenvalue weighted by molar-refractivity contribution is -0.0564. The van der Waals surface area contributed by atoms with E-state index >= 15 is 0 Å². The van der Waals surface area contributed by atoms with Crippen LogP contribution in [-0.4, -0.2) is 54.5 Å². The number of nitrogens with zero attached hydrogens (tertiary/aromatic N) is 1. The van der Waals surface area contributed by atoms with E-state index in [1.165, 1.54) is 0 Å². The van der Waals surface area contributed by atoms with E-state index in [0.717, 1.165) is 16.8 Å². The molecule has 1 fully saturated rings. The largest absolute Gasteiger partial charge is 0.490 e. The smallest absolute Gasteiger partial charge is 0.363 e. The lowest BCUT2D eigenvalue weighted by Crippen LogP contribution is -2.31. The summed E-state index contributed by atoms with van der Waals surface area (Å²) in [4.78, 5) is 60.8. The second-order valence-electron chi connectivity index (χ2n) is 5.82. The summed E-state index contributed by atoms with van der Waals surface area (Å²) in [5.41, 5.74) is -1.45. The summed E-state index contributed by atoms with van der Waals surface area (Å²) >= 11 is 0. The normalized spacial score (nSPS) is 25.5. The Morgan fingerprint density at radius 3 is 2.45 bits per heavy atom. The molecule has 0 radical (unpaired) electrons. The average molecular weight is 506 g/mol. The minimum atomic E-state index is -5.68. The van der Waals surface area contributed by atoms with Crippen LogP contribution in [0.15, 0.2) is 21.9 Å². The van der Waals surface area contributed by atoms with Crippen LogP contribution in [0.4, 0.5) is 0 Å². The SMILES string of the molecule is C#CCOC1C[C@H](n2ccc(=O)[nH]c2=O)O[C@@H]1COP(=O)(O)OP(=O)(O)OP(=O)(O)O. The zero-order chi connectivity index (χ0) is 23.4. The van der Waals surface area contributed by atoms with Gasteiger partial charge >= 0.3 is 29.2 Å². The summed E-state index contributed by atoms with van der Waals surface area (Å²) in [7, 11) is -16.6. The molecule has 174 valence electrons. The first kappa shape index (κ1) is 25.8. The first-order chi connectivity index (χ1) is 14.2. The highest BCUT2D eigenvalue weighted by molar-refractivity contribution is 7.66. The van der Waals surface area contributed by atoms with Crippen LogP contribution in [0.2, 0.25) is 0 Å². The number of hydrogen-bond donors (Lipinski definition) is 5. The number of aromatic nitrogens is 2. The van der Waals surface area contributed by atoms with Crippen molar-refractivity contribution in [2.24, 2.45) is 0 Å². The van der Waals surface area contributed by atoms with Gasteiger partial charge in [0.15, 0.2) is 0 Å². The molecule has 0 spiro atoms.